The predicted molar refractivity (Wildman–Crippen MR) is 105 cm³/mol. The van der Waals surface area contributed by atoms with E-state index in [0.717, 1.165) is 32.5 Å². The summed E-state index contributed by atoms with van der Waals surface area (Å²) in [6, 6.07) is 8.48. The van der Waals surface area contributed by atoms with Crippen molar-refractivity contribution in [2.45, 2.75) is 25.4 Å². The molecular weight excluding hydrogens is 342 g/mol. The summed E-state index contributed by atoms with van der Waals surface area (Å²) in [4.78, 5) is 25.2. The van der Waals surface area contributed by atoms with E-state index >= 15 is 0 Å². The van der Waals surface area contributed by atoms with Crippen LogP contribution >= 0.6 is 0 Å². The summed E-state index contributed by atoms with van der Waals surface area (Å²) in [6.07, 6.45) is 5.31. The molecule has 7 heteroatoms. The fourth-order valence-corrected chi connectivity index (χ4v) is 3.70. The number of hydrogen-bond acceptors (Lipinski definition) is 6. The number of carbonyl (C=O) groups excluding carboxylic acids is 1. The van der Waals surface area contributed by atoms with E-state index in [2.05, 4.69) is 44.5 Å². The highest BCUT2D eigenvalue weighted by Crippen LogP contribution is 2.18. The average Bonchev–Trinajstić information content (AvgIpc) is 3.13. The number of aliphatic imine (C=N–C) groups is 2. The summed E-state index contributed by atoms with van der Waals surface area (Å²) < 4.78 is 0. The third-order valence-corrected chi connectivity index (χ3v) is 5.21. The molecule has 3 heterocycles. The third-order valence-electron chi connectivity index (χ3n) is 5.21. The van der Waals surface area contributed by atoms with Crippen molar-refractivity contribution in [3.63, 3.8) is 0 Å². The van der Waals surface area contributed by atoms with Crippen LogP contribution in [0.15, 0.2) is 46.0 Å². The van der Waals surface area contributed by atoms with Gasteiger partial charge in [0.15, 0.2) is 0 Å². The Balaban J connectivity index is 1.22. The zero-order valence-corrected chi connectivity index (χ0v) is 15.3. The van der Waals surface area contributed by atoms with Gasteiger partial charge in [0.05, 0.1) is 25.5 Å². The van der Waals surface area contributed by atoms with Gasteiger partial charge in [-0.2, -0.15) is 0 Å². The average molecular weight is 367 g/mol. The van der Waals surface area contributed by atoms with Crippen molar-refractivity contribution in [3.8, 4) is 0 Å². The van der Waals surface area contributed by atoms with Gasteiger partial charge in [0.2, 0.25) is 0 Å². The lowest BCUT2D eigenvalue weighted by atomic mass is 10.00. The molecule has 1 aromatic carbocycles. The molecule has 4 rings (SSSR count). The van der Waals surface area contributed by atoms with Gasteiger partial charge >= 0.3 is 0 Å². The van der Waals surface area contributed by atoms with Gasteiger partial charge in [-0.3, -0.25) is 14.7 Å². The molecule has 0 aliphatic carbocycles. The maximum absolute atomic E-state index is 12.3. The summed E-state index contributed by atoms with van der Waals surface area (Å²) in [6.45, 7) is 4.27. The van der Waals surface area contributed by atoms with E-state index < -0.39 is 0 Å². The highest BCUT2D eigenvalue weighted by atomic mass is 16.3. The van der Waals surface area contributed by atoms with Crippen LogP contribution in [0.2, 0.25) is 0 Å². The normalized spacial score (nSPS) is 21.4. The quantitative estimate of drug-likeness (QED) is 0.720. The Morgan fingerprint density at radius 2 is 2.15 bits per heavy atom. The summed E-state index contributed by atoms with van der Waals surface area (Å²) in [5.74, 6) is 0.520. The molecular formula is C20H25N5O2. The number of aliphatic hydroxyl groups is 1. The second-order valence-corrected chi connectivity index (χ2v) is 7.15. The Morgan fingerprint density at radius 3 is 3.00 bits per heavy atom. The Labute approximate surface area is 159 Å². The number of amides is 1. The first-order chi connectivity index (χ1) is 13.2. The molecule has 0 fully saturated rings. The van der Waals surface area contributed by atoms with Gasteiger partial charge in [-0.05, 0) is 24.0 Å². The largest absolute Gasteiger partial charge is 0.394 e. The van der Waals surface area contributed by atoms with Gasteiger partial charge in [-0.15, -0.1) is 0 Å². The third kappa shape index (κ3) is 4.09. The molecule has 2 N–H and O–H groups in total. The summed E-state index contributed by atoms with van der Waals surface area (Å²) in [5.41, 5.74) is 3.24. The summed E-state index contributed by atoms with van der Waals surface area (Å²) >= 11 is 0. The Kier molecular flexibility index (Phi) is 5.31. The molecule has 1 amide bonds. The van der Waals surface area contributed by atoms with Crippen molar-refractivity contribution < 1.29 is 9.90 Å². The molecule has 0 spiro atoms. The fourth-order valence-electron chi connectivity index (χ4n) is 3.70. The van der Waals surface area contributed by atoms with Crippen LogP contribution in [-0.4, -0.2) is 71.8 Å². The maximum Gasteiger partial charge on any atom is 0.270 e. The Bertz CT molecular complexity index is 801. The van der Waals surface area contributed by atoms with Crippen LogP contribution in [0.1, 0.15) is 17.5 Å². The first-order valence-electron chi connectivity index (χ1n) is 9.51. The smallest absolute Gasteiger partial charge is 0.270 e. The van der Waals surface area contributed by atoms with Gasteiger partial charge in [-0.25, -0.2) is 4.99 Å². The molecule has 0 radical (unpaired) electrons. The lowest BCUT2D eigenvalue weighted by molar-refractivity contribution is -0.117. The van der Waals surface area contributed by atoms with Crippen LogP contribution in [0.25, 0.3) is 0 Å². The highest BCUT2D eigenvalue weighted by Gasteiger charge is 2.26. The highest BCUT2D eigenvalue weighted by molar-refractivity contribution is 6.10. The Morgan fingerprint density at radius 1 is 1.30 bits per heavy atom. The maximum atomic E-state index is 12.3. The number of amidine groups is 1. The number of aliphatic hydroxyl groups excluding tert-OH is 1. The topological polar surface area (TPSA) is 80.5 Å². The molecule has 0 aromatic heterocycles. The van der Waals surface area contributed by atoms with Crippen molar-refractivity contribution in [1.29, 1.82) is 0 Å². The van der Waals surface area contributed by atoms with Crippen LogP contribution in [0.3, 0.4) is 0 Å². The minimum Gasteiger partial charge on any atom is -0.394 e. The van der Waals surface area contributed by atoms with Crippen LogP contribution in [0, 0.1) is 0 Å². The van der Waals surface area contributed by atoms with E-state index in [1.165, 1.54) is 11.1 Å². The molecule has 0 saturated carbocycles. The lowest BCUT2D eigenvalue weighted by Gasteiger charge is -2.28. The molecule has 0 bridgehead atoms. The van der Waals surface area contributed by atoms with E-state index in [1.54, 1.807) is 12.4 Å². The molecule has 3 aliphatic heterocycles. The molecule has 7 nitrogen and oxygen atoms in total. The number of hydrogen-bond donors (Lipinski definition) is 2. The zero-order valence-electron chi connectivity index (χ0n) is 15.3. The minimum atomic E-state index is -0.176. The van der Waals surface area contributed by atoms with Gasteiger partial charge in [0, 0.05) is 32.3 Å². The first kappa shape index (κ1) is 17.9. The standard InChI is InChI=1S/C20H25N5O2/c26-13-17-12-25-14-22-18(10-19(25)23-17)20(27)21-7-3-8-24-9-6-15-4-1-2-5-16(15)11-24/h1-2,4-5,10,14,17,26H,3,6-9,11-13H2,(H,21,27). The van der Waals surface area contributed by atoms with Gasteiger partial charge in [0.25, 0.3) is 5.91 Å². The van der Waals surface area contributed by atoms with Gasteiger partial charge < -0.3 is 15.3 Å². The van der Waals surface area contributed by atoms with Crippen molar-refractivity contribution >= 4 is 18.1 Å². The van der Waals surface area contributed by atoms with E-state index in [1.807, 2.05) is 4.90 Å². The van der Waals surface area contributed by atoms with Crippen molar-refractivity contribution in [3.05, 3.63) is 47.2 Å². The van der Waals surface area contributed by atoms with Gasteiger partial charge in [0.1, 0.15) is 11.5 Å². The Hall–Kier alpha value is -2.51. The lowest BCUT2D eigenvalue weighted by Crippen LogP contribution is -2.35. The van der Waals surface area contributed by atoms with E-state index in [4.69, 9.17) is 0 Å². The van der Waals surface area contributed by atoms with Gasteiger partial charge in [-0.1, -0.05) is 24.3 Å². The van der Waals surface area contributed by atoms with Crippen LogP contribution in [0.4, 0.5) is 0 Å². The molecule has 27 heavy (non-hydrogen) atoms. The minimum absolute atomic E-state index is 0.00415. The summed E-state index contributed by atoms with van der Waals surface area (Å²) in [5, 5.41) is 12.2. The second kappa shape index (κ2) is 8.02. The van der Waals surface area contributed by atoms with Crippen molar-refractivity contribution in [1.82, 2.24) is 15.1 Å². The molecule has 1 atom stereocenters. The number of benzene rings is 1. The SMILES string of the molecule is O=C(NCCCN1CCc2ccccc2C1)C1=CC2=NC(CO)CN2C=N1. The monoisotopic (exact) mass is 367 g/mol. The predicted octanol–water partition coefficient (Wildman–Crippen LogP) is 0.552. The number of nitrogens with one attached hydrogen (secondary N) is 1. The number of nitrogens with zero attached hydrogens (tertiary/aromatic N) is 4. The number of fused-ring (bicyclic) bond motifs is 2. The van der Waals surface area contributed by atoms with Crippen molar-refractivity contribution in [2.75, 3.05) is 32.8 Å². The van der Waals surface area contributed by atoms with Crippen LogP contribution in [-0.2, 0) is 17.8 Å². The molecule has 1 aromatic rings. The van der Waals surface area contributed by atoms with E-state index in [-0.39, 0.29) is 18.6 Å². The number of carbonyl (C=O) groups is 1. The molecule has 142 valence electrons. The second-order valence-electron chi connectivity index (χ2n) is 7.15. The molecule has 1 unspecified atom stereocenters. The van der Waals surface area contributed by atoms with E-state index in [9.17, 15) is 9.90 Å². The molecule has 3 aliphatic rings. The van der Waals surface area contributed by atoms with Crippen molar-refractivity contribution in [2.24, 2.45) is 9.98 Å². The molecule has 0 saturated heterocycles. The van der Waals surface area contributed by atoms with E-state index in [0.29, 0.717) is 24.6 Å². The first-order valence-corrected chi connectivity index (χ1v) is 9.51. The van der Waals surface area contributed by atoms with Crippen LogP contribution < -0.4 is 5.32 Å². The fraction of sp³-hybridized carbons (Fsp3) is 0.450. The number of rotatable bonds is 6. The van der Waals surface area contributed by atoms with Crippen LogP contribution in [0.5, 0.6) is 0 Å². The zero-order chi connectivity index (χ0) is 18.6. The summed E-state index contributed by atoms with van der Waals surface area (Å²) in [7, 11) is 0.